The van der Waals surface area contributed by atoms with Crippen molar-refractivity contribution in [3.05, 3.63) is 5.82 Å². The number of anilines is 1. The average molecular weight is 225 g/mol. The lowest BCUT2D eigenvalue weighted by molar-refractivity contribution is 0.180. The lowest BCUT2D eigenvalue weighted by Gasteiger charge is -2.38. The van der Waals surface area contributed by atoms with Crippen molar-refractivity contribution in [2.45, 2.75) is 46.0 Å². The number of hydrogen-bond acceptors (Lipinski definition) is 4. The Morgan fingerprint density at radius 2 is 2.20 bits per heavy atom. The summed E-state index contributed by atoms with van der Waals surface area (Å²) in [6.45, 7) is 7.63. The fourth-order valence-electron chi connectivity index (χ4n) is 1.79. The van der Waals surface area contributed by atoms with Gasteiger partial charge in [-0.05, 0) is 18.3 Å². The number of nitrogens with zero attached hydrogens (tertiary/aromatic N) is 2. The molecule has 0 spiro atoms. The minimum Gasteiger partial charge on any atom is -0.360 e. The molecule has 0 amide bonds. The van der Waals surface area contributed by atoms with E-state index in [1.165, 1.54) is 30.8 Å². The van der Waals surface area contributed by atoms with Gasteiger partial charge in [-0.2, -0.15) is 4.37 Å². The molecule has 0 aromatic carbocycles. The van der Waals surface area contributed by atoms with Crippen LogP contribution in [0.5, 0.6) is 0 Å². The van der Waals surface area contributed by atoms with Crippen molar-refractivity contribution < 1.29 is 0 Å². The molecule has 2 rings (SSSR count). The van der Waals surface area contributed by atoms with Crippen LogP contribution in [0.2, 0.25) is 0 Å². The van der Waals surface area contributed by atoms with Crippen molar-refractivity contribution in [2.75, 3.05) is 11.9 Å². The van der Waals surface area contributed by atoms with Crippen LogP contribution in [0.1, 0.15) is 51.8 Å². The molecular formula is C11H19N3S. The zero-order valence-electron chi connectivity index (χ0n) is 9.71. The summed E-state index contributed by atoms with van der Waals surface area (Å²) in [5.41, 5.74) is 0.504. The van der Waals surface area contributed by atoms with Gasteiger partial charge < -0.3 is 5.32 Å². The zero-order chi connectivity index (χ0) is 10.9. The fourth-order valence-corrected chi connectivity index (χ4v) is 2.49. The first kappa shape index (κ1) is 10.9. The highest BCUT2D eigenvalue weighted by Gasteiger charge is 2.31. The molecule has 0 aliphatic heterocycles. The molecule has 0 unspecified atom stereocenters. The third-order valence-electron chi connectivity index (χ3n) is 3.19. The van der Waals surface area contributed by atoms with Gasteiger partial charge in [0, 0.05) is 24.0 Å². The van der Waals surface area contributed by atoms with Crippen molar-refractivity contribution in [1.82, 2.24) is 9.36 Å². The lowest BCUT2D eigenvalue weighted by atomic mass is 9.70. The van der Waals surface area contributed by atoms with Crippen LogP contribution in [0.3, 0.4) is 0 Å². The first-order valence-corrected chi connectivity index (χ1v) is 6.44. The van der Waals surface area contributed by atoms with Crippen LogP contribution < -0.4 is 5.32 Å². The highest BCUT2D eigenvalue weighted by molar-refractivity contribution is 7.09. The van der Waals surface area contributed by atoms with Crippen LogP contribution in [0.25, 0.3) is 0 Å². The SMILES string of the molecule is CC(C)c1nsc(NCC2(C)CCC2)n1. The summed E-state index contributed by atoms with van der Waals surface area (Å²) in [7, 11) is 0. The van der Waals surface area contributed by atoms with Gasteiger partial charge >= 0.3 is 0 Å². The fraction of sp³-hybridized carbons (Fsp3) is 0.818. The Labute approximate surface area is 95.5 Å². The topological polar surface area (TPSA) is 37.8 Å². The normalized spacial score (nSPS) is 18.9. The second-order valence-electron chi connectivity index (χ2n) is 5.13. The maximum absolute atomic E-state index is 4.47. The third kappa shape index (κ3) is 2.48. The molecule has 4 heteroatoms. The van der Waals surface area contributed by atoms with E-state index in [-0.39, 0.29) is 0 Å². The van der Waals surface area contributed by atoms with Gasteiger partial charge in [-0.25, -0.2) is 4.98 Å². The summed E-state index contributed by atoms with van der Waals surface area (Å²) in [6.07, 6.45) is 4.07. The monoisotopic (exact) mass is 225 g/mol. The first-order chi connectivity index (χ1) is 7.09. The maximum atomic E-state index is 4.47. The van der Waals surface area contributed by atoms with Crippen LogP contribution in [0.4, 0.5) is 5.13 Å². The van der Waals surface area contributed by atoms with Crippen molar-refractivity contribution >= 4 is 16.7 Å². The number of hydrogen-bond donors (Lipinski definition) is 1. The number of rotatable bonds is 4. The summed E-state index contributed by atoms with van der Waals surface area (Å²) >= 11 is 1.48. The molecule has 1 aromatic rings. The largest absolute Gasteiger partial charge is 0.360 e. The van der Waals surface area contributed by atoms with E-state index < -0.39 is 0 Å². The van der Waals surface area contributed by atoms with E-state index in [2.05, 4.69) is 35.4 Å². The average Bonchev–Trinajstić information content (AvgIpc) is 2.60. The van der Waals surface area contributed by atoms with Gasteiger partial charge in [-0.15, -0.1) is 0 Å². The molecular weight excluding hydrogens is 206 g/mol. The van der Waals surface area contributed by atoms with Crippen molar-refractivity contribution in [2.24, 2.45) is 5.41 Å². The van der Waals surface area contributed by atoms with Gasteiger partial charge in [0.25, 0.3) is 0 Å². The van der Waals surface area contributed by atoms with Crippen LogP contribution in [-0.2, 0) is 0 Å². The second-order valence-corrected chi connectivity index (χ2v) is 5.88. The van der Waals surface area contributed by atoms with Gasteiger partial charge in [-0.3, -0.25) is 0 Å². The van der Waals surface area contributed by atoms with E-state index in [0.717, 1.165) is 17.5 Å². The van der Waals surface area contributed by atoms with Crippen molar-refractivity contribution in [3.8, 4) is 0 Å². The molecule has 0 bridgehead atoms. The van der Waals surface area contributed by atoms with Crippen LogP contribution >= 0.6 is 11.5 Å². The predicted octanol–water partition coefficient (Wildman–Crippen LogP) is 3.26. The molecule has 0 atom stereocenters. The Morgan fingerprint density at radius 3 is 2.67 bits per heavy atom. The van der Waals surface area contributed by atoms with Crippen LogP contribution in [0, 0.1) is 5.41 Å². The van der Waals surface area contributed by atoms with E-state index in [4.69, 9.17) is 0 Å². The third-order valence-corrected chi connectivity index (χ3v) is 3.87. The van der Waals surface area contributed by atoms with Gasteiger partial charge in [0.15, 0.2) is 0 Å². The zero-order valence-corrected chi connectivity index (χ0v) is 10.5. The summed E-state index contributed by atoms with van der Waals surface area (Å²) in [5, 5.41) is 4.39. The molecule has 0 saturated heterocycles. The molecule has 1 aromatic heterocycles. The summed E-state index contributed by atoms with van der Waals surface area (Å²) < 4.78 is 4.33. The molecule has 15 heavy (non-hydrogen) atoms. The maximum Gasteiger partial charge on any atom is 0.202 e. The summed E-state index contributed by atoms with van der Waals surface area (Å²) in [5.74, 6) is 1.39. The molecule has 1 fully saturated rings. The highest BCUT2D eigenvalue weighted by Crippen LogP contribution is 2.40. The molecule has 1 aliphatic rings. The lowest BCUT2D eigenvalue weighted by Crippen LogP contribution is -2.33. The van der Waals surface area contributed by atoms with E-state index in [9.17, 15) is 0 Å². The summed E-state index contributed by atoms with van der Waals surface area (Å²) in [6, 6.07) is 0. The van der Waals surface area contributed by atoms with Gasteiger partial charge in [0.2, 0.25) is 5.13 Å². The predicted molar refractivity (Wildman–Crippen MR) is 64.4 cm³/mol. The van der Waals surface area contributed by atoms with Gasteiger partial charge in [0.05, 0.1) is 0 Å². The summed E-state index contributed by atoms with van der Waals surface area (Å²) in [4.78, 5) is 4.47. The highest BCUT2D eigenvalue weighted by atomic mass is 32.1. The molecule has 84 valence electrons. The van der Waals surface area contributed by atoms with Gasteiger partial charge in [-0.1, -0.05) is 27.2 Å². The van der Waals surface area contributed by atoms with Crippen molar-refractivity contribution in [1.29, 1.82) is 0 Å². The van der Waals surface area contributed by atoms with E-state index in [0.29, 0.717) is 11.3 Å². The second kappa shape index (κ2) is 4.08. The Balaban J connectivity index is 1.88. The van der Waals surface area contributed by atoms with E-state index in [1.807, 2.05) is 0 Å². The smallest absolute Gasteiger partial charge is 0.202 e. The molecule has 3 nitrogen and oxygen atoms in total. The first-order valence-electron chi connectivity index (χ1n) is 5.67. The molecule has 1 heterocycles. The van der Waals surface area contributed by atoms with Crippen LogP contribution in [-0.4, -0.2) is 15.9 Å². The van der Waals surface area contributed by atoms with E-state index in [1.54, 1.807) is 0 Å². The molecule has 1 aliphatic carbocycles. The number of nitrogens with one attached hydrogen (secondary N) is 1. The molecule has 0 radical (unpaired) electrons. The molecule has 1 saturated carbocycles. The minimum absolute atomic E-state index is 0.427. The standard InChI is InChI=1S/C11H19N3S/c1-8(2)9-13-10(15-14-9)12-7-11(3)5-4-6-11/h8H,4-7H2,1-3H3,(H,12,13,14). The van der Waals surface area contributed by atoms with Crippen molar-refractivity contribution in [3.63, 3.8) is 0 Å². The van der Waals surface area contributed by atoms with Gasteiger partial charge in [0.1, 0.15) is 5.82 Å². The Kier molecular flexibility index (Phi) is 2.96. The number of aromatic nitrogens is 2. The van der Waals surface area contributed by atoms with Crippen LogP contribution in [0.15, 0.2) is 0 Å². The Bertz CT molecular complexity index is 328. The molecule has 1 N–H and O–H groups in total. The Morgan fingerprint density at radius 1 is 1.47 bits per heavy atom. The quantitative estimate of drug-likeness (QED) is 0.854. The Hall–Kier alpha value is -0.640. The minimum atomic E-state index is 0.427. The van der Waals surface area contributed by atoms with E-state index >= 15 is 0 Å².